The van der Waals surface area contributed by atoms with E-state index in [0.717, 1.165) is 28.2 Å². The summed E-state index contributed by atoms with van der Waals surface area (Å²) in [5, 5.41) is 6.12. The molecule has 0 atom stereocenters. The van der Waals surface area contributed by atoms with Crippen LogP contribution in [0.4, 0.5) is 11.4 Å². The Morgan fingerprint density at radius 1 is 0.960 bits per heavy atom. The van der Waals surface area contributed by atoms with Gasteiger partial charge in [0.2, 0.25) is 0 Å². The van der Waals surface area contributed by atoms with Gasteiger partial charge in [0.05, 0.1) is 24.1 Å². The molecule has 0 unspecified atom stereocenters. The molecule has 1 aromatic carbocycles. The van der Waals surface area contributed by atoms with Crippen LogP contribution in [0.2, 0.25) is 0 Å². The standard InChI is InChI=1S/C20H20N4O/c1-14-9-15(2)11-18(10-14)24-20(25)19-7-6-17(13-23-19)22-12-16-5-3-4-8-21-16/h3-11,13,22H,12H2,1-2H3,(H,24,25). The molecule has 2 heterocycles. The highest BCUT2D eigenvalue weighted by Gasteiger charge is 2.08. The van der Waals surface area contributed by atoms with Crippen LogP contribution in [0.3, 0.4) is 0 Å². The zero-order chi connectivity index (χ0) is 17.6. The van der Waals surface area contributed by atoms with Gasteiger partial charge in [0, 0.05) is 11.9 Å². The van der Waals surface area contributed by atoms with Gasteiger partial charge in [-0.1, -0.05) is 12.1 Å². The van der Waals surface area contributed by atoms with Crippen molar-refractivity contribution in [3.63, 3.8) is 0 Å². The Morgan fingerprint density at radius 2 is 1.76 bits per heavy atom. The number of aryl methyl sites for hydroxylation is 2. The first-order valence-electron chi connectivity index (χ1n) is 8.09. The molecule has 0 saturated carbocycles. The Labute approximate surface area is 147 Å². The molecule has 5 heteroatoms. The number of aromatic nitrogens is 2. The molecule has 5 nitrogen and oxygen atoms in total. The molecule has 0 radical (unpaired) electrons. The number of hydrogen-bond acceptors (Lipinski definition) is 4. The first-order valence-corrected chi connectivity index (χ1v) is 8.09. The largest absolute Gasteiger partial charge is 0.378 e. The third-order valence-electron chi connectivity index (χ3n) is 3.68. The van der Waals surface area contributed by atoms with Gasteiger partial charge >= 0.3 is 0 Å². The van der Waals surface area contributed by atoms with E-state index in [0.29, 0.717) is 12.2 Å². The number of carbonyl (C=O) groups is 1. The van der Waals surface area contributed by atoms with Gasteiger partial charge in [-0.05, 0) is 61.4 Å². The molecule has 1 amide bonds. The molecule has 2 N–H and O–H groups in total. The summed E-state index contributed by atoms with van der Waals surface area (Å²) >= 11 is 0. The summed E-state index contributed by atoms with van der Waals surface area (Å²) in [7, 11) is 0. The second-order valence-corrected chi connectivity index (χ2v) is 5.94. The Morgan fingerprint density at radius 3 is 2.40 bits per heavy atom. The van der Waals surface area contributed by atoms with E-state index in [1.54, 1.807) is 18.5 Å². The Hall–Kier alpha value is -3.21. The molecule has 0 bridgehead atoms. The summed E-state index contributed by atoms with van der Waals surface area (Å²) in [6.07, 6.45) is 3.41. The van der Waals surface area contributed by atoms with Crippen molar-refractivity contribution in [2.24, 2.45) is 0 Å². The Kier molecular flexibility index (Phi) is 5.04. The minimum absolute atomic E-state index is 0.221. The van der Waals surface area contributed by atoms with Crippen LogP contribution in [0.5, 0.6) is 0 Å². The summed E-state index contributed by atoms with van der Waals surface area (Å²) in [5.74, 6) is -0.221. The lowest BCUT2D eigenvalue weighted by Gasteiger charge is -2.08. The van der Waals surface area contributed by atoms with Crippen LogP contribution in [0.15, 0.2) is 60.9 Å². The predicted molar refractivity (Wildman–Crippen MR) is 99.7 cm³/mol. The number of nitrogens with zero attached hydrogens (tertiary/aromatic N) is 2. The van der Waals surface area contributed by atoms with Gasteiger partial charge in [0.25, 0.3) is 5.91 Å². The van der Waals surface area contributed by atoms with Crippen molar-refractivity contribution in [2.45, 2.75) is 20.4 Å². The number of nitrogens with one attached hydrogen (secondary N) is 2. The number of hydrogen-bond donors (Lipinski definition) is 2. The summed E-state index contributed by atoms with van der Waals surface area (Å²) in [6, 6.07) is 15.3. The fourth-order valence-electron chi connectivity index (χ4n) is 2.57. The molecule has 0 fully saturated rings. The molecule has 126 valence electrons. The Bertz CT molecular complexity index is 840. The van der Waals surface area contributed by atoms with Crippen LogP contribution >= 0.6 is 0 Å². The molecule has 3 rings (SSSR count). The highest BCUT2D eigenvalue weighted by Crippen LogP contribution is 2.15. The fourth-order valence-corrected chi connectivity index (χ4v) is 2.57. The lowest BCUT2D eigenvalue weighted by atomic mass is 10.1. The van der Waals surface area contributed by atoms with Crippen molar-refractivity contribution >= 4 is 17.3 Å². The van der Waals surface area contributed by atoms with Gasteiger partial charge in [-0.2, -0.15) is 0 Å². The van der Waals surface area contributed by atoms with Gasteiger partial charge in [-0.15, -0.1) is 0 Å². The summed E-state index contributed by atoms with van der Waals surface area (Å²) in [5.41, 5.74) is 5.16. The summed E-state index contributed by atoms with van der Waals surface area (Å²) in [6.45, 7) is 4.61. The van der Waals surface area contributed by atoms with Crippen LogP contribution in [-0.4, -0.2) is 15.9 Å². The van der Waals surface area contributed by atoms with E-state index in [2.05, 4.69) is 26.7 Å². The van der Waals surface area contributed by atoms with Gasteiger partial charge in [-0.25, -0.2) is 4.98 Å². The quantitative estimate of drug-likeness (QED) is 0.742. The number of carbonyl (C=O) groups excluding carboxylic acids is 1. The van der Waals surface area contributed by atoms with E-state index >= 15 is 0 Å². The average molecular weight is 332 g/mol. The number of amides is 1. The second kappa shape index (κ2) is 7.57. The van der Waals surface area contributed by atoms with Gasteiger partial charge in [-0.3, -0.25) is 9.78 Å². The maximum absolute atomic E-state index is 12.3. The van der Waals surface area contributed by atoms with Crippen molar-refractivity contribution < 1.29 is 4.79 Å². The molecule has 0 aliphatic carbocycles. The smallest absolute Gasteiger partial charge is 0.274 e. The SMILES string of the molecule is Cc1cc(C)cc(NC(=O)c2ccc(NCc3ccccn3)cn2)c1. The first-order chi connectivity index (χ1) is 12.1. The first kappa shape index (κ1) is 16.6. The van der Waals surface area contributed by atoms with E-state index < -0.39 is 0 Å². The van der Waals surface area contributed by atoms with Crippen molar-refractivity contribution in [1.82, 2.24) is 9.97 Å². The van der Waals surface area contributed by atoms with E-state index in [9.17, 15) is 4.79 Å². The van der Waals surface area contributed by atoms with Gasteiger partial charge < -0.3 is 10.6 Å². The highest BCUT2D eigenvalue weighted by molar-refractivity contribution is 6.03. The lowest BCUT2D eigenvalue weighted by molar-refractivity contribution is 0.102. The monoisotopic (exact) mass is 332 g/mol. The molecule has 25 heavy (non-hydrogen) atoms. The second-order valence-electron chi connectivity index (χ2n) is 5.94. The number of rotatable bonds is 5. The molecule has 0 saturated heterocycles. The number of pyridine rings is 2. The van der Waals surface area contributed by atoms with Crippen molar-refractivity contribution in [2.75, 3.05) is 10.6 Å². The number of anilines is 2. The van der Waals surface area contributed by atoms with Crippen LogP contribution < -0.4 is 10.6 Å². The lowest BCUT2D eigenvalue weighted by Crippen LogP contribution is -2.14. The van der Waals surface area contributed by atoms with Gasteiger partial charge in [0.1, 0.15) is 5.69 Å². The van der Waals surface area contributed by atoms with E-state index in [1.165, 1.54) is 0 Å². The molecule has 0 spiro atoms. The van der Waals surface area contributed by atoms with E-state index in [4.69, 9.17) is 0 Å². The van der Waals surface area contributed by atoms with Crippen molar-refractivity contribution in [1.29, 1.82) is 0 Å². The zero-order valence-corrected chi connectivity index (χ0v) is 14.3. The minimum Gasteiger partial charge on any atom is -0.378 e. The highest BCUT2D eigenvalue weighted by atomic mass is 16.1. The maximum atomic E-state index is 12.3. The molecule has 0 aliphatic rings. The fraction of sp³-hybridized carbons (Fsp3) is 0.150. The Balaban J connectivity index is 1.62. The van der Waals surface area contributed by atoms with Crippen LogP contribution in [0.1, 0.15) is 27.3 Å². The predicted octanol–water partition coefficient (Wildman–Crippen LogP) is 3.96. The van der Waals surface area contributed by atoms with Crippen LogP contribution in [-0.2, 0) is 6.54 Å². The molecular formula is C20H20N4O. The topological polar surface area (TPSA) is 66.9 Å². The van der Waals surface area contributed by atoms with Crippen molar-refractivity contribution in [3.05, 3.63) is 83.4 Å². The van der Waals surface area contributed by atoms with E-state index in [1.807, 2.05) is 50.2 Å². The normalized spacial score (nSPS) is 10.3. The number of benzene rings is 1. The minimum atomic E-state index is -0.221. The summed E-state index contributed by atoms with van der Waals surface area (Å²) in [4.78, 5) is 20.8. The summed E-state index contributed by atoms with van der Waals surface area (Å²) < 4.78 is 0. The molecule has 0 aliphatic heterocycles. The third-order valence-corrected chi connectivity index (χ3v) is 3.68. The van der Waals surface area contributed by atoms with Crippen LogP contribution in [0, 0.1) is 13.8 Å². The van der Waals surface area contributed by atoms with E-state index in [-0.39, 0.29) is 5.91 Å². The molecule has 3 aromatic rings. The third kappa shape index (κ3) is 4.64. The van der Waals surface area contributed by atoms with Crippen LogP contribution in [0.25, 0.3) is 0 Å². The van der Waals surface area contributed by atoms with Crippen molar-refractivity contribution in [3.8, 4) is 0 Å². The zero-order valence-electron chi connectivity index (χ0n) is 14.3. The van der Waals surface area contributed by atoms with Gasteiger partial charge in [0.15, 0.2) is 0 Å². The molecular weight excluding hydrogens is 312 g/mol. The average Bonchev–Trinajstić information content (AvgIpc) is 2.60. The maximum Gasteiger partial charge on any atom is 0.274 e. The molecule has 2 aromatic heterocycles.